The molecule has 0 aromatic heterocycles. The number of sulfone groups is 1. The van der Waals surface area contributed by atoms with Gasteiger partial charge < -0.3 is 10.2 Å². The van der Waals surface area contributed by atoms with E-state index in [0.29, 0.717) is 13.0 Å². The van der Waals surface area contributed by atoms with Crippen molar-refractivity contribution in [3.63, 3.8) is 0 Å². The summed E-state index contributed by atoms with van der Waals surface area (Å²) >= 11 is 0. The maximum atomic E-state index is 12.7. The summed E-state index contributed by atoms with van der Waals surface area (Å²) < 4.78 is 25.5. The summed E-state index contributed by atoms with van der Waals surface area (Å²) in [6, 6.07) is 10.6. The number of rotatable bonds is 6. The number of aryl methyl sites for hydroxylation is 2. The summed E-state index contributed by atoms with van der Waals surface area (Å²) in [6.45, 7) is 5.99. The molecule has 29 heavy (non-hydrogen) atoms. The van der Waals surface area contributed by atoms with E-state index in [0.717, 1.165) is 34.5 Å². The van der Waals surface area contributed by atoms with Crippen LogP contribution in [0.3, 0.4) is 0 Å². The van der Waals surface area contributed by atoms with Crippen LogP contribution in [0.1, 0.15) is 37.0 Å². The van der Waals surface area contributed by atoms with Gasteiger partial charge in [0.1, 0.15) is 0 Å². The fourth-order valence-electron chi connectivity index (χ4n) is 3.65. The Balaban J connectivity index is 1.70. The fourth-order valence-corrected chi connectivity index (χ4v) is 4.93. The van der Waals surface area contributed by atoms with Crippen LogP contribution >= 0.6 is 0 Å². The number of anilines is 2. The van der Waals surface area contributed by atoms with Crippen LogP contribution in [0.25, 0.3) is 0 Å². The number of para-hydroxylation sites is 1. The minimum absolute atomic E-state index is 0.0568. The molecule has 0 bridgehead atoms. The lowest BCUT2D eigenvalue weighted by Crippen LogP contribution is -2.25. The number of carbonyl (C=O) groups excluding carboxylic acids is 2. The van der Waals surface area contributed by atoms with E-state index in [4.69, 9.17) is 0 Å². The third-order valence-electron chi connectivity index (χ3n) is 5.29. The van der Waals surface area contributed by atoms with Crippen LogP contribution in [0.2, 0.25) is 0 Å². The zero-order valence-corrected chi connectivity index (χ0v) is 17.8. The minimum Gasteiger partial charge on any atom is -0.326 e. The lowest BCUT2D eigenvalue weighted by molar-refractivity contribution is -0.117. The van der Waals surface area contributed by atoms with E-state index in [2.05, 4.69) is 5.32 Å². The second kappa shape index (κ2) is 8.37. The van der Waals surface area contributed by atoms with Gasteiger partial charge in [-0.15, -0.1) is 0 Å². The first kappa shape index (κ1) is 21.0. The number of hydrogen-bond acceptors (Lipinski definition) is 4. The lowest BCUT2D eigenvalue weighted by atomic mass is 10.1. The lowest BCUT2D eigenvalue weighted by Gasteiger charge is -2.15. The second-order valence-corrected chi connectivity index (χ2v) is 9.40. The van der Waals surface area contributed by atoms with Crippen LogP contribution in [0.5, 0.6) is 0 Å². The topological polar surface area (TPSA) is 83.6 Å². The van der Waals surface area contributed by atoms with Gasteiger partial charge in [0.05, 0.1) is 10.6 Å². The molecule has 0 saturated carbocycles. The molecule has 2 aromatic carbocycles. The van der Waals surface area contributed by atoms with Crippen molar-refractivity contribution in [2.45, 2.75) is 44.9 Å². The van der Waals surface area contributed by atoms with Crippen molar-refractivity contribution < 1.29 is 18.0 Å². The van der Waals surface area contributed by atoms with Gasteiger partial charge in [-0.25, -0.2) is 8.42 Å². The fraction of sp³-hybridized carbons (Fsp3) is 0.364. The van der Waals surface area contributed by atoms with Gasteiger partial charge in [-0.2, -0.15) is 0 Å². The Kier molecular flexibility index (Phi) is 6.07. The standard InChI is InChI=1S/C22H26N2O4S/c1-4-17-7-5-6-15(2)22(17)23-21(26)11-13-29(27,28)19-8-9-20-18(14-19)10-12-24(20)16(3)25/h5-9,14H,4,10-13H2,1-3H3,(H,23,26). The number of fused-ring (bicyclic) bond motifs is 1. The van der Waals surface area contributed by atoms with Crippen molar-refractivity contribution in [1.82, 2.24) is 0 Å². The highest BCUT2D eigenvalue weighted by Crippen LogP contribution is 2.30. The van der Waals surface area contributed by atoms with Crippen LogP contribution < -0.4 is 10.2 Å². The maximum Gasteiger partial charge on any atom is 0.225 e. The highest BCUT2D eigenvalue weighted by atomic mass is 32.2. The van der Waals surface area contributed by atoms with Gasteiger partial charge in [0.15, 0.2) is 9.84 Å². The molecule has 1 aliphatic heterocycles. The molecule has 0 unspecified atom stereocenters. The second-order valence-electron chi connectivity index (χ2n) is 7.29. The largest absolute Gasteiger partial charge is 0.326 e. The third-order valence-corrected chi connectivity index (χ3v) is 7.00. The van der Waals surface area contributed by atoms with E-state index in [1.54, 1.807) is 17.0 Å². The Morgan fingerprint density at radius 1 is 1.17 bits per heavy atom. The molecule has 0 radical (unpaired) electrons. The SMILES string of the molecule is CCc1cccc(C)c1NC(=O)CCS(=O)(=O)c1ccc2c(c1)CCN2C(C)=O. The van der Waals surface area contributed by atoms with Gasteiger partial charge in [0, 0.05) is 31.3 Å². The van der Waals surface area contributed by atoms with Gasteiger partial charge in [-0.05, 0) is 54.7 Å². The van der Waals surface area contributed by atoms with E-state index in [9.17, 15) is 18.0 Å². The summed E-state index contributed by atoms with van der Waals surface area (Å²) in [6.07, 6.45) is 1.30. The first-order chi connectivity index (χ1) is 13.7. The monoisotopic (exact) mass is 414 g/mol. The number of nitrogens with one attached hydrogen (secondary N) is 1. The summed E-state index contributed by atoms with van der Waals surface area (Å²) in [7, 11) is -3.60. The molecule has 0 spiro atoms. The van der Waals surface area contributed by atoms with Crippen molar-refractivity contribution >= 4 is 33.0 Å². The Morgan fingerprint density at radius 2 is 1.93 bits per heavy atom. The predicted octanol–water partition coefficient (Wildman–Crippen LogP) is 3.27. The van der Waals surface area contributed by atoms with Crippen LogP contribution in [-0.2, 0) is 32.3 Å². The number of amides is 2. The molecule has 6 nitrogen and oxygen atoms in total. The molecule has 0 atom stereocenters. The Morgan fingerprint density at radius 3 is 2.62 bits per heavy atom. The highest BCUT2D eigenvalue weighted by molar-refractivity contribution is 7.91. The van der Waals surface area contributed by atoms with E-state index in [-0.39, 0.29) is 28.9 Å². The van der Waals surface area contributed by atoms with Crippen LogP contribution in [-0.4, -0.2) is 32.5 Å². The summed E-state index contributed by atoms with van der Waals surface area (Å²) in [5.41, 5.74) is 4.35. The average Bonchev–Trinajstić information content (AvgIpc) is 3.11. The molecule has 0 aliphatic carbocycles. The molecule has 2 aromatic rings. The molecule has 0 saturated heterocycles. The van der Waals surface area contributed by atoms with Crippen molar-refractivity contribution in [1.29, 1.82) is 0 Å². The summed E-state index contributed by atoms with van der Waals surface area (Å²) in [4.78, 5) is 25.9. The number of benzene rings is 2. The smallest absolute Gasteiger partial charge is 0.225 e. The van der Waals surface area contributed by atoms with E-state index in [1.165, 1.54) is 13.0 Å². The molecule has 3 rings (SSSR count). The maximum absolute atomic E-state index is 12.7. The molecular weight excluding hydrogens is 388 g/mol. The van der Waals surface area contributed by atoms with E-state index >= 15 is 0 Å². The predicted molar refractivity (Wildman–Crippen MR) is 114 cm³/mol. The molecule has 154 valence electrons. The molecule has 7 heteroatoms. The average molecular weight is 415 g/mol. The zero-order chi connectivity index (χ0) is 21.2. The summed E-state index contributed by atoms with van der Waals surface area (Å²) in [5.74, 6) is -0.637. The highest BCUT2D eigenvalue weighted by Gasteiger charge is 2.25. The minimum atomic E-state index is -3.60. The Labute approximate surface area is 171 Å². The number of carbonyl (C=O) groups is 2. The molecule has 1 heterocycles. The van der Waals surface area contributed by atoms with Crippen molar-refractivity contribution in [3.05, 3.63) is 53.1 Å². The summed E-state index contributed by atoms with van der Waals surface area (Å²) in [5, 5.41) is 2.87. The molecule has 1 N–H and O–H groups in total. The van der Waals surface area contributed by atoms with Gasteiger partial charge in [0.2, 0.25) is 11.8 Å². The van der Waals surface area contributed by atoms with Crippen LogP contribution in [0, 0.1) is 6.92 Å². The van der Waals surface area contributed by atoms with Crippen LogP contribution in [0.4, 0.5) is 11.4 Å². The van der Waals surface area contributed by atoms with Crippen molar-refractivity contribution in [2.75, 3.05) is 22.5 Å². The number of hydrogen-bond donors (Lipinski definition) is 1. The zero-order valence-electron chi connectivity index (χ0n) is 17.0. The molecule has 1 aliphatic rings. The van der Waals surface area contributed by atoms with Gasteiger partial charge in [0.25, 0.3) is 0 Å². The van der Waals surface area contributed by atoms with Gasteiger partial charge in [-0.1, -0.05) is 25.1 Å². The van der Waals surface area contributed by atoms with Crippen LogP contribution in [0.15, 0.2) is 41.3 Å². The first-order valence-electron chi connectivity index (χ1n) is 9.75. The Bertz CT molecular complexity index is 1060. The third kappa shape index (κ3) is 4.50. The van der Waals surface area contributed by atoms with E-state index < -0.39 is 9.84 Å². The first-order valence-corrected chi connectivity index (χ1v) is 11.4. The molecule has 0 fully saturated rings. The van der Waals surface area contributed by atoms with Crippen molar-refractivity contribution in [2.24, 2.45) is 0 Å². The quantitative estimate of drug-likeness (QED) is 0.786. The van der Waals surface area contributed by atoms with Crippen molar-refractivity contribution in [3.8, 4) is 0 Å². The van der Waals surface area contributed by atoms with Gasteiger partial charge >= 0.3 is 0 Å². The van der Waals surface area contributed by atoms with E-state index in [1.807, 2.05) is 32.0 Å². The number of nitrogens with zero attached hydrogens (tertiary/aromatic N) is 1. The Hall–Kier alpha value is -2.67. The van der Waals surface area contributed by atoms with Gasteiger partial charge in [-0.3, -0.25) is 9.59 Å². The normalized spacial score (nSPS) is 13.3. The molecular formula is C22H26N2O4S. The molecule has 2 amide bonds.